The summed E-state index contributed by atoms with van der Waals surface area (Å²) in [6, 6.07) is 6.10. The first-order valence-electron chi connectivity index (χ1n) is 8.39. The number of nitrogens with zero attached hydrogens (tertiary/aromatic N) is 1. The van der Waals surface area contributed by atoms with Gasteiger partial charge in [0, 0.05) is 41.7 Å². The van der Waals surface area contributed by atoms with Gasteiger partial charge >= 0.3 is 0 Å². The van der Waals surface area contributed by atoms with Gasteiger partial charge in [0.15, 0.2) is 0 Å². The molecule has 1 amide bonds. The lowest BCUT2D eigenvalue weighted by Gasteiger charge is -2.33. The zero-order valence-electron chi connectivity index (χ0n) is 13.5. The predicted molar refractivity (Wildman–Crippen MR) is 91.4 cm³/mol. The molecule has 0 radical (unpaired) electrons. The fraction of sp³-hybridized carbons (Fsp3) is 0.421. The summed E-state index contributed by atoms with van der Waals surface area (Å²) < 4.78 is 5.34. The number of methoxy groups -OCH3 is 1. The first kappa shape index (κ1) is 14.4. The summed E-state index contributed by atoms with van der Waals surface area (Å²) in [4.78, 5) is 17.7. The number of fused-ring (bicyclic) bond motifs is 1. The summed E-state index contributed by atoms with van der Waals surface area (Å²) >= 11 is 0. The van der Waals surface area contributed by atoms with E-state index in [9.17, 15) is 4.79 Å². The van der Waals surface area contributed by atoms with Crippen LogP contribution in [0, 0.1) is 5.92 Å². The Morgan fingerprint density at radius 3 is 2.87 bits per heavy atom. The second-order valence-corrected chi connectivity index (χ2v) is 6.51. The Balaban J connectivity index is 1.57. The zero-order chi connectivity index (χ0) is 15.8. The second-order valence-electron chi connectivity index (χ2n) is 6.51. The Bertz CT molecular complexity index is 771. The average molecular weight is 310 g/mol. The number of carbonyl (C=O) groups is 1. The molecule has 2 aliphatic rings. The minimum absolute atomic E-state index is 0.294. The normalized spacial score (nSPS) is 18.7. The van der Waals surface area contributed by atoms with E-state index in [2.05, 4.69) is 23.3 Å². The molecular formula is C19H22N2O2. The number of rotatable bonds is 3. The fourth-order valence-electron chi connectivity index (χ4n) is 3.52. The molecule has 1 saturated carbocycles. The highest BCUT2D eigenvalue weighted by Gasteiger charge is 2.30. The maximum Gasteiger partial charge on any atom is 0.225 e. The van der Waals surface area contributed by atoms with E-state index in [0.29, 0.717) is 11.8 Å². The number of benzene rings is 1. The van der Waals surface area contributed by atoms with Crippen molar-refractivity contribution in [1.29, 1.82) is 0 Å². The molecule has 120 valence electrons. The van der Waals surface area contributed by atoms with Crippen LogP contribution in [0.15, 0.2) is 30.5 Å². The number of aromatic nitrogens is 1. The van der Waals surface area contributed by atoms with Crippen molar-refractivity contribution in [3.8, 4) is 5.75 Å². The van der Waals surface area contributed by atoms with Gasteiger partial charge in [-0.25, -0.2) is 0 Å². The quantitative estimate of drug-likeness (QED) is 0.941. The summed E-state index contributed by atoms with van der Waals surface area (Å²) in [5, 5.41) is 1.19. The largest absolute Gasteiger partial charge is 0.497 e. The zero-order valence-corrected chi connectivity index (χ0v) is 13.5. The standard InChI is InChI=1S/C19H22N2O2/c1-23-15-5-6-18-16(11-15)17(12-20-18)13-7-9-21(10-8-13)19(22)14-3-2-4-14/h5-7,11-12,14,20H,2-4,8-10H2,1H3. The molecule has 1 aromatic carbocycles. The molecule has 1 aliphatic carbocycles. The molecule has 0 bridgehead atoms. The van der Waals surface area contributed by atoms with Gasteiger partial charge in [0.2, 0.25) is 5.91 Å². The Hall–Kier alpha value is -2.23. The molecule has 0 unspecified atom stereocenters. The van der Waals surface area contributed by atoms with Crippen molar-refractivity contribution in [2.75, 3.05) is 20.2 Å². The van der Waals surface area contributed by atoms with Crippen molar-refractivity contribution in [3.63, 3.8) is 0 Å². The third kappa shape index (κ3) is 2.52. The van der Waals surface area contributed by atoms with Crippen molar-refractivity contribution in [1.82, 2.24) is 9.88 Å². The van der Waals surface area contributed by atoms with Gasteiger partial charge < -0.3 is 14.6 Å². The molecule has 4 rings (SSSR count). The molecule has 0 saturated heterocycles. The maximum atomic E-state index is 12.3. The number of aromatic amines is 1. The lowest BCUT2D eigenvalue weighted by molar-refractivity contribution is -0.137. The summed E-state index contributed by atoms with van der Waals surface area (Å²) in [5.74, 6) is 1.52. The van der Waals surface area contributed by atoms with Crippen molar-refractivity contribution in [2.45, 2.75) is 25.7 Å². The lowest BCUT2D eigenvalue weighted by atomic mass is 9.84. The average Bonchev–Trinajstić information content (AvgIpc) is 2.96. The third-order valence-electron chi connectivity index (χ3n) is 5.21. The maximum absolute atomic E-state index is 12.3. The molecule has 1 aromatic heterocycles. The molecule has 1 N–H and O–H groups in total. The number of hydrogen-bond donors (Lipinski definition) is 1. The molecule has 2 aromatic rings. The van der Waals surface area contributed by atoms with Gasteiger partial charge in [0.1, 0.15) is 5.75 Å². The number of hydrogen-bond acceptors (Lipinski definition) is 2. The van der Waals surface area contributed by atoms with Gasteiger partial charge in [-0.2, -0.15) is 0 Å². The van der Waals surface area contributed by atoms with Crippen LogP contribution < -0.4 is 4.74 Å². The predicted octanol–water partition coefficient (Wildman–Crippen LogP) is 3.59. The summed E-state index contributed by atoms with van der Waals surface area (Å²) in [6.45, 7) is 1.57. The van der Waals surface area contributed by atoms with Gasteiger partial charge in [0.05, 0.1) is 7.11 Å². The second kappa shape index (κ2) is 5.76. The Kier molecular flexibility index (Phi) is 3.60. The van der Waals surface area contributed by atoms with E-state index in [1.165, 1.54) is 22.9 Å². The van der Waals surface area contributed by atoms with Crippen LogP contribution in [0.2, 0.25) is 0 Å². The van der Waals surface area contributed by atoms with Crippen molar-refractivity contribution in [2.24, 2.45) is 5.92 Å². The van der Waals surface area contributed by atoms with Crippen molar-refractivity contribution < 1.29 is 9.53 Å². The molecular weight excluding hydrogens is 288 g/mol. The Morgan fingerprint density at radius 2 is 2.22 bits per heavy atom. The van der Waals surface area contributed by atoms with Crippen LogP contribution in [0.25, 0.3) is 16.5 Å². The summed E-state index contributed by atoms with van der Waals surface area (Å²) in [6.07, 6.45) is 8.56. The highest BCUT2D eigenvalue weighted by Crippen LogP contribution is 2.33. The van der Waals surface area contributed by atoms with Gasteiger partial charge in [0.25, 0.3) is 0 Å². The minimum atomic E-state index is 0.294. The molecule has 23 heavy (non-hydrogen) atoms. The molecule has 0 spiro atoms. The van der Waals surface area contributed by atoms with Crippen LogP contribution in [0.5, 0.6) is 5.75 Å². The molecule has 1 fully saturated rings. The lowest BCUT2D eigenvalue weighted by Crippen LogP contribution is -2.41. The van der Waals surface area contributed by atoms with Gasteiger partial charge in [-0.15, -0.1) is 0 Å². The molecule has 4 heteroatoms. The molecule has 2 heterocycles. The minimum Gasteiger partial charge on any atom is -0.497 e. The number of amides is 1. The van der Waals surface area contributed by atoms with E-state index in [1.54, 1.807) is 7.11 Å². The number of H-pyrrole nitrogens is 1. The Morgan fingerprint density at radius 1 is 1.35 bits per heavy atom. The van der Waals surface area contributed by atoms with Gasteiger partial charge in [-0.3, -0.25) is 4.79 Å². The van der Waals surface area contributed by atoms with Crippen LogP contribution >= 0.6 is 0 Å². The number of carbonyl (C=O) groups excluding carboxylic acids is 1. The van der Waals surface area contributed by atoms with Crippen molar-refractivity contribution in [3.05, 3.63) is 36.0 Å². The van der Waals surface area contributed by atoms with Crippen LogP contribution in [-0.2, 0) is 4.79 Å². The smallest absolute Gasteiger partial charge is 0.225 e. The SMILES string of the molecule is COc1ccc2[nH]cc(C3=CCN(C(=O)C4CCC4)CC3)c2c1. The molecule has 4 nitrogen and oxygen atoms in total. The van der Waals surface area contributed by atoms with Gasteiger partial charge in [-0.05, 0) is 43.0 Å². The summed E-state index contributed by atoms with van der Waals surface area (Å²) in [5.41, 5.74) is 3.67. The van der Waals surface area contributed by atoms with Crippen molar-refractivity contribution >= 4 is 22.4 Å². The van der Waals surface area contributed by atoms with Crippen LogP contribution in [-0.4, -0.2) is 36.0 Å². The van der Waals surface area contributed by atoms with E-state index >= 15 is 0 Å². The van der Waals surface area contributed by atoms with E-state index in [-0.39, 0.29) is 0 Å². The van der Waals surface area contributed by atoms with E-state index in [0.717, 1.165) is 43.6 Å². The third-order valence-corrected chi connectivity index (χ3v) is 5.21. The fourth-order valence-corrected chi connectivity index (χ4v) is 3.52. The topological polar surface area (TPSA) is 45.3 Å². The summed E-state index contributed by atoms with van der Waals surface area (Å²) in [7, 11) is 1.69. The van der Waals surface area contributed by atoms with Gasteiger partial charge in [-0.1, -0.05) is 12.5 Å². The number of ether oxygens (including phenoxy) is 1. The van der Waals surface area contributed by atoms with E-state index in [4.69, 9.17) is 4.74 Å². The molecule has 0 atom stereocenters. The number of nitrogens with one attached hydrogen (secondary N) is 1. The first-order chi connectivity index (χ1) is 11.3. The monoisotopic (exact) mass is 310 g/mol. The first-order valence-corrected chi connectivity index (χ1v) is 8.39. The van der Waals surface area contributed by atoms with E-state index in [1.807, 2.05) is 17.0 Å². The highest BCUT2D eigenvalue weighted by atomic mass is 16.5. The van der Waals surface area contributed by atoms with Crippen LogP contribution in [0.1, 0.15) is 31.2 Å². The van der Waals surface area contributed by atoms with Crippen LogP contribution in [0.4, 0.5) is 0 Å². The molecule has 1 aliphatic heterocycles. The Labute approximate surface area is 136 Å². The highest BCUT2D eigenvalue weighted by molar-refractivity contribution is 5.94. The van der Waals surface area contributed by atoms with E-state index < -0.39 is 0 Å². The van der Waals surface area contributed by atoms with Crippen LogP contribution in [0.3, 0.4) is 0 Å².